The van der Waals surface area contributed by atoms with Crippen molar-refractivity contribution in [1.82, 2.24) is 19.6 Å². The number of para-hydroxylation sites is 1. The molecule has 0 aliphatic rings. The van der Waals surface area contributed by atoms with Gasteiger partial charge in [-0.15, -0.1) is 13.2 Å². The predicted octanol–water partition coefficient (Wildman–Crippen LogP) is 4.25. The summed E-state index contributed by atoms with van der Waals surface area (Å²) < 4.78 is 43.6. The topological polar surface area (TPSA) is 81.4 Å². The number of anilines is 1. The van der Waals surface area contributed by atoms with Crippen LogP contribution in [0, 0.1) is 6.92 Å². The van der Waals surface area contributed by atoms with Crippen molar-refractivity contribution in [3.63, 3.8) is 0 Å². The fourth-order valence-corrected chi connectivity index (χ4v) is 2.87. The summed E-state index contributed by atoms with van der Waals surface area (Å²) in [4.78, 5) is 21.2. The first-order valence-electron chi connectivity index (χ1n) is 8.75. The van der Waals surface area contributed by atoms with E-state index in [1.165, 1.54) is 41.2 Å². The molecule has 0 radical (unpaired) electrons. The molecule has 1 amide bonds. The summed E-state index contributed by atoms with van der Waals surface area (Å²) in [6, 6.07) is 12.3. The SMILES string of the molecule is Cc1cccc(NC(=O)c2cnn3ccc(-c4ccccc4OC(F)(F)F)nc23)n1. The first-order chi connectivity index (χ1) is 14.3. The van der Waals surface area contributed by atoms with Gasteiger partial charge in [0.05, 0.1) is 11.9 Å². The van der Waals surface area contributed by atoms with Crippen molar-refractivity contribution in [1.29, 1.82) is 0 Å². The number of hydrogen-bond acceptors (Lipinski definition) is 5. The molecule has 0 saturated carbocycles. The van der Waals surface area contributed by atoms with Gasteiger partial charge < -0.3 is 10.1 Å². The number of ether oxygens (including phenoxy) is 1. The number of aromatic nitrogens is 4. The van der Waals surface area contributed by atoms with Crippen molar-refractivity contribution in [2.75, 3.05) is 5.32 Å². The standard InChI is InChI=1S/C20H14F3N5O2/c1-12-5-4-8-17(25-12)27-19(29)14-11-24-28-10-9-15(26-18(14)28)13-6-2-3-7-16(13)30-20(21,22)23/h2-11H,1H3,(H,25,27,29). The number of carbonyl (C=O) groups is 1. The lowest BCUT2D eigenvalue weighted by Gasteiger charge is -2.13. The summed E-state index contributed by atoms with van der Waals surface area (Å²) in [5, 5.41) is 6.74. The van der Waals surface area contributed by atoms with Gasteiger partial charge >= 0.3 is 6.36 Å². The van der Waals surface area contributed by atoms with Gasteiger partial charge in [0.15, 0.2) is 5.65 Å². The zero-order valence-electron chi connectivity index (χ0n) is 15.5. The number of alkyl halides is 3. The molecule has 7 nitrogen and oxygen atoms in total. The second-order valence-electron chi connectivity index (χ2n) is 6.30. The molecule has 0 aliphatic carbocycles. The molecule has 0 bridgehead atoms. The highest BCUT2D eigenvalue weighted by Gasteiger charge is 2.32. The maximum atomic E-state index is 12.7. The van der Waals surface area contributed by atoms with Gasteiger partial charge in [-0.2, -0.15) is 5.10 Å². The second kappa shape index (κ2) is 7.47. The van der Waals surface area contributed by atoms with Gasteiger partial charge in [0.25, 0.3) is 5.91 Å². The minimum atomic E-state index is -4.84. The number of amides is 1. The molecular weight excluding hydrogens is 399 g/mol. The summed E-state index contributed by atoms with van der Waals surface area (Å²) >= 11 is 0. The second-order valence-corrected chi connectivity index (χ2v) is 6.30. The Kier molecular flexibility index (Phi) is 4.82. The number of aryl methyl sites for hydroxylation is 1. The minimum Gasteiger partial charge on any atom is -0.405 e. The molecule has 152 valence electrons. The average molecular weight is 413 g/mol. The third-order valence-electron chi connectivity index (χ3n) is 4.13. The third kappa shape index (κ3) is 4.07. The van der Waals surface area contributed by atoms with Gasteiger partial charge in [-0.25, -0.2) is 14.5 Å². The highest BCUT2D eigenvalue weighted by atomic mass is 19.4. The number of halogens is 3. The lowest BCUT2D eigenvalue weighted by Crippen LogP contribution is -2.17. The minimum absolute atomic E-state index is 0.130. The van der Waals surface area contributed by atoms with Crippen LogP contribution in [0.4, 0.5) is 19.0 Å². The third-order valence-corrected chi connectivity index (χ3v) is 4.13. The zero-order valence-corrected chi connectivity index (χ0v) is 15.5. The van der Waals surface area contributed by atoms with Gasteiger partial charge in [0.1, 0.15) is 17.1 Å². The molecule has 0 unspecified atom stereocenters. The lowest BCUT2D eigenvalue weighted by molar-refractivity contribution is -0.274. The van der Waals surface area contributed by atoms with Crippen LogP contribution in [-0.2, 0) is 0 Å². The molecule has 0 atom stereocenters. The predicted molar refractivity (Wildman–Crippen MR) is 102 cm³/mol. The van der Waals surface area contributed by atoms with Crippen LogP contribution < -0.4 is 10.1 Å². The van der Waals surface area contributed by atoms with Crippen LogP contribution >= 0.6 is 0 Å². The Bertz CT molecular complexity index is 1240. The number of fused-ring (bicyclic) bond motifs is 1. The number of benzene rings is 1. The Morgan fingerprint density at radius 1 is 1.07 bits per heavy atom. The Labute approximate surface area is 168 Å². The van der Waals surface area contributed by atoms with Gasteiger partial charge in [-0.1, -0.05) is 18.2 Å². The smallest absolute Gasteiger partial charge is 0.405 e. The highest BCUT2D eigenvalue weighted by molar-refractivity contribution is 6.07. The summed E-state index contributed by atoms with van der Waals surface area (Å²) in [7, 11) is 0. The van der Waals surface area contributed by atoms with Gasteiger partial charge in [-0.3, -0.25) is 4.79 Å². The molecule has 0 aliphatic heterocycles. The normalized spacial score (nSPS) is 11.5. The summed E-state index contributed by atoms with van der Waals surface area (Å²) in [6.07, 6.45) is -2.01. The van der Waals surface area contributed by atoms with Crippen LogP contribution in [0.2, 0.25) is 0 Å². The molecule has 0 fully saturated rings. The van der Waals surface area contributed by atoms with Crippen molar-refractivity contribution >= 4 is 17.4 Å². The van der Waals surface area contributed by atoms with E-state index in [0.717, 1.165) is 5.69 Å². The summed E-state index contributed by atoms with van der Waals surface area (Å²) in [5.74, 6) is -0.525. The van der Waals surface area contributed by atoms with Crippen LogP contribution in [0.1, 0.15) is 16.1 Å². The van der Waals surface area contributed by atoms with Gasteiger partial charge in [-0.05, 0) is 37.3 Å². The molecular formula is C20H14F3N5O2. The van der Waals surface area contributed by atoms with Crippen molar-refractivity contribution in [2.45, 2.75) is 13.3 Å². The summed E-state index contributed by atoms with van der Waals surface area (Å²) in [5.41, 5.74) is 1.39. The molecule has 3 heterocycles. The largest absolute Gasteiger partial charge is 0.573 e. The van der Waals surface area contributed by atoms with Crippen LogP contribution in [-0.4, -0.2) is 31.9 Å². The van der Waals surface area contributed by atoms with Crippen molar-refractivity contribution in [2.24, 2.45) is 0 Å². The van der Waals surface area contributed by atoms with Crippen LogP contribution in [0.5, 0.6) is 5.75 Å². The Morgan fingerprint density at radius 3 is 2.63 bits per heavy atom. The molecule has 3 aromatic heterocycles. The Morgan fingerprint density at radius 2 is 1.87 bits per heavy atom. The molecule has 1 aromatic carbocycles. The van der Waals surface area contributed by atoms with Crippen LogP contribution in [0.3, 0.4) is 0 Å². The Hall–Kier alpha value is -3.95. The van der Waals surface area contributed by atoms with E-state index in [1.54, 1.807) is 31.2 Å². The lowest BCUT2D eigenvalue weighted by atomic mass is 10.1. The molecule has 0 spiro atoms. The molecule has 0 saturated heterocycles. The summed E-state index contributed by atoms with van der Waals surface area (Å²) in [6.45, 7) is 1.79. The zero-order chi connectivity index (χ0) is 21.3. The van der Waals surface area contributed by atoms with E-state index in [4.69, 9.17) is 0 Å². The van der Waals surface area contributed by atoms with E-state index >= 15 is 0 Å². The molecule has 4 rings (SSSR count). The maximum absolute atomic E-state index is 12.7. The molecule has 30 heavy (non-hydrogen) atoms. The van der Waals surface area contributed by atoms with E-state index < -0.39 is 18.0 Å². The molecule has 10 heteroatoms. The van der Waals surface area contributed by atoms with Gasteiger partial charge in [0.2, 0.25) is 0 Å². The van der Waals surface area contributed by atoms with E-state index in [2.05, 4.69) is 25.1 Å². The number of carbonyl (C=O) groups excluding carboxylic acids is 1. The number of pyridine rings is 1. The fraction of sp³-hybridized carbons (Fsp3) is 0.100. The Balaban J connectivity index is 1.71. The molecule has 1 N–H and O–H groups in total. The maximum Gasteiger partial charge on any atom is 0.573 e. The van der Waals surface area contributed by atoms with Crippen molar-refractivity contribution < 1.29 is 22.7 Å². The van der Waals surface area contributed by atoms with Crippen LogP contribution in [0.25, 0.3) is 16.9 Å². The average Bonchev–Trinajstić information content (AvgIpc) is 3.10. The molecule has 4 aromatic rings. The van der Waals surface area contributed by atoms with Crippen LogP contribution in [0.15, 0.2) is 60.9 Å². The highest BCUT2D eigenvalue weighted by Crippen LogP contribution is 2.33. The van der Waals surface area contributed by atoms with Gasteiger partial charge in [0, 0.05) is 17.5 Å². The van der Waals surface area contributed by atoms with Crippen molar-refractivity contribution in [3.05, 3.63) is 72.2 Å². The van der Waals surface area contributed by atoms with E-state index in [9.17, 15) is 18.0 Å². The first-order valence-corrected chi connectivity index (χ1v) is 8.75. The monoisotopic (exact) mass is 413 g/mol. The quantitative estimate of drug-likeness (QED) is 0.541. The van der Waals surface area contributed by atoms with E-state index in [1.807, 2.05) is 0 Å². The number of nitrogens with zero attached hydrogens (tertiary/aromatic N) is 4. The van der Waals surface area contributed by atoms with E-state index in [-0.39, 0.29) is 22.5 Å². The van der Waals surface area contributed by atoms with E-state index in [0.29, 0.717) is 5.82 Å². The fourth-order valence-electron chi connectivity index (χ4n) is 2.87. The number of rotatable bonds is 4. The number of hydrogen-bond donors (Lipinski definition) is 1. The number of nitrogens with one attached hydrogen (secondary N) is 1. The van der Waals surface area contributed by atoms with Crippen molar-refractivity contribution in [3.8, 4) is 17.0 Å². The first kappa shape index (κ1) is 19.4.